The highest BCUT2D eigenvalue weighted by atomic mass is 16.2. The third kappa shape index (κ3) is 2.44. The third-order valence-corrected chi connectivity index (χ3v) is 4.56. The molecule has 8 heteroatoms. The van der Waals surface area contributed by atoms with Crippen molar-refractivity contribution < 1.29 is 4.79 Å². The maximum atomic E-state index is 12.7. The van der Waals surface area contributed by atoms with Crippen LogP contribution in [0.1, 0.15) is 31.6 Å². The molecule has 0 bridgehead atoms. The average Bonchev–Trinajstić information content (AvgIpc) is 3.33. The van der Waals surface area contributed by atoms with Gasteiger partial charge in [-0.05, 0) is 42.3 Å². The van der Waals surface area contributed by atoms with E-state index in [9.17, 15) is 4.79 Å². The van der Waals surface area contributed by atoms with E-state index in [2.05, 4.69) is 33.1 Å². The van der Waals surface area contributed by atoms with Gasteiger partial charge in [0.05, 0.1) is 17.1 Å². The molecule has 0 N–H and O–H groups in total. The van der Waals surface area contributed by atoms with Crippen LogP contribution >= 0.6 is 0 Å². The molecule has 0 spiro atoms. The largest absolute Gasteiger partial charge is 0.331 e. The van der Waals surface area contributed by atoms with Gasteiger partial charge in [-0.15, -0.1) is 5.10 Å². The molecule has 1 atom stereocenters. The first kappa shape index (κ1) is 14.8. The topological polar surface area (TPSA) is 81.7 Å². The van der Waals surface area contributed by atoms with Crippen molar-refractivity contribution in [2.45, 2.75) is 38.9 Å². The molecule has 124 valence electrons. The van der Waals surface area contributed by atoms with Crippen LogP contribution in [0.2, 0.25) is 0 Å². The quantitative estimate of drug-likeness (QED) is 0.724. The zero-order chi connectivity index (χ0) is 16.5. The van der Waals surface area contributed by atoms with Crippen molar-refractivity contribution in [3.05, 3.63) is 36.4 Å². The summed E-state index contributed by atoms with van der Waals surface area (Å²) in [5, 5.41) is 10.9. The number of amides is 1. The lowest BCUT2D eigenvalue weighted by Crippen LogP contribution is -2.34. The zero-order valence-electron chi connectivity index (χ0n) is 13.5. The third-order valence-electron chi connectivity index (χ3n) is 4.56. The Morgan fingerprint density at radius 3 is 3.00 bits per heavy atom. The summed E-state index contributed by atoms with van der Waals surface area (Å²) in [5.41, 5.74) is 2.10. The average molecular weight is 325 g/mol. The minimum absolute atomic E-state index is 0.0151. The molecule has 4 rings (SSSR count). The number of benzene rings is 1. The van der Waals surface area contributed by atoms with Crippen molar-refractivity contribution in [2.75, 3.05) is 6.54 Å². The fourth-order valence-electron chi connectivity index (χ4n) is 3.50. The highest BCUT2D eigenvalue weighted by Crippen LogP contribution is 2.33. The molecule has 0 unspecified atom stereocenters. The molecule has 0 saturated carbocycles. The molecule has 3 heterocycles. The number of nitrogens with zero attached hydrogens (tertiary/aromatic N) is 7. The number of aryl methyl sites for hydroxylation is 1. The highest BCUT2D eigenvalue weighted by molar-refractivity contribution is 5.78. The fourth-order valence-corrected chi connectivity index (χ4v) is 3.50. The first-order valence-electron chi connectivity index (χ1n) is 8.23. The second-order valence-electron chi connectivity index (χ2n) is 5.96. The summed E-state index contributed by atoms with van der Waals surface area (Å²) in [6, 6.07) is 8.13. The normalized spacial score (nSPS) is 17.7. The molecule has 2 aromatic heterocycles. The van der Waals surface area contributed by atoms with Gasteiger partial charge in [-0.3, -0.25) is 4.79 Å². The van der Waals surface area contributed by atoms with Gasteiger partial charge in [-0.1, -0.05) is 12.1 Å². The van der Waals surface area contributed by atoms with E-state index in [1.807, 2.05) is 23.1 Å². The molecule has 0 radical (unpaired) electrons. The smallest absolute Gasteiger partial charge is 0.245 e. The van der Waals surface area contributed by atoms with E-state index < -0.39 is 0 Å². The summed E-state index contributed by atoms with van der Waals surface area (Å²) in [7, 11) is 0. The summed E-state index contributed by atoms with van der Waals surface area (Å²) < 4.78 is 3.67. The zero-order valence-corrected chi connectivity index (χ0v) is 13.5. The Bertz CT molecular complexity index is 855. The Labute approximate surface area is 139 Å². The highest BCUT2D eigenvalue weighted by Gasteiger charge is 2.33. The van der Waals surface area contributed by atoms with Gasteiger partial charge in [-0.25, -0.2) is 9.67 Å². The SMILES string of the molecule is CCn1c([C@H]2CCCN2C(=O)Cn2cnnn2)nc2ccccc21. The van der Waals surface area contributed by atoms with Crippen LogP contribution in [0.5, 0.6) is 0 Å². The minimum atomic E-state index is 0.0151. The van der Waals surface area contributed by atoms with Crippen molar-refractivity contribution in [1.29, 1.82) is 0 Å². The summed E-state index contributed by atoms with van der Waals surface area (Å²) in [4.78, 5) is 19.4. The number of hydrogen-bond donors (Lipinski definition) is 0. The van der Waals surface area contributed by atoms with E-state index in [0.717, 1.165) is 42.8 Å². The summed E-state index contributed by atoms with van der Waals surface area (Å²) in [6.07, 6.45) is 3.38. The molecule has 1 aromatic carbocycles. The molecule has 8 nitrogen and oxygen atoms in total. The van der Waals surface area contributed by atoms with Gasteiger partial charge in [0.25, 0.3) is 0 Å². The van der Waals surface area contributed by atoms with Crippen LogP contribution in [0.4, 0.5) is 0 Å². The maximum absolute atomic E-state index is 12.7. The number of tetrazole rings is 1. The Morgan fingerprint density at radius 2 is 2.21 bits per heavy atom. The number of likely N-dealkylation sites (tertiary alicyclic amines) is 1. The molecule has 1 amide bonds. The van der Waals surface area contributed by atoms with Crippen LogP contribution in [0.15, 0.2) is 30.6 Å². The lowest BCUT2D eigenvalue weighted by Gasteiger charge is -2.24. The number of imidazole rings is 1. The van der Waals surface area contributed by atoms with Crippen LogP contribution in [0, 0.1) is 0 Å². The monoisotopic (exact) mass is 325 g/mol. The lowest BCUT2D eigenvalue weighted by atomic mass is 10.2. The van der Waals surface area contributed by atoms with Crippen molar-refractivity contribution in [1.82, 2.24) is 34.7 Å². The second-order valence-corrected chi connectivity index (χ2v) is 5.96. The van der Waals surface area contributed by atoms with Gasteiger partial charge in [0.1, 0.15) is 18.7 Å². The van der Waals surface area contributed by atoms with E-state index in [-0.39, 0.29) is 18.5 Å². The second kappa shape index (κ2) is 6.03. The molecule has 1 aliphatic rings. The summed E-state index contributed by atoms with van der Waals surface area (Å²) in [6.45, 7) is 3.86. The molecule has 0 aliphatic carbocycles. The van der Waals surface area contributed by atoms with Gasteiger partial charge in [-0.2, -0.15) is 0 Å². The number of carbonyl (C=O) groups is 1. The Morgan fingerprint density at radius 1 is 1.33 bits per heavy atom. The summed E-state index contributed by atoms with van der Waals surface area (Å²) >= 11 is 0. The van der Waals surface area contributed by atoms with Gasteiger partial charge in [0.2, 0.25) is 5.91 Å². The fraction of sp³-hybridized carbons (Fsp3) is 0.438. The number of rotatable bonds is 4. The van der Waals surface area contributed by atoms with E-state index in [4.69, 9.17) is 4.98 Å². The van der Waals surface area contributed by atoms with Crippen LogP contribution in [-0.4, -0.2) is 47.1 Å². The lowest BCUT2D eigenvalue weighted by molar-refractivity contribution is -0.133. The van der Waals surface area contributed by atoms with E-state index in [0.29, 0.717) is 0 Å². The predicted octanol–water partition coefficient (Wildman–Crippen LogP) is 1.41. The number of aromatic nitrogens is 6. The van der Waals surface area contributed by atoms with E-state index in [1.54, 1.807) is 0 Å². The Balaban J connectivity index is 1.66. The molecular formula is C16H19N7O. The van der Waals surface area contributed by atoms with Crippen molar-refractivity contribution in [3.63, 3.8) is 0 Å². The van der Waals surface area contributed by atoms with Gasteiger partial charge in [0.15, 0.2) is 0 Å². The molecule has 3 aromatic rings. The van der Waals surface area contributed by atoms with Crippen molar-refractivity contribution >= 4 is 16.9 Å². The van der Waals surface area contributed by atoms with Crippen molar-refractivity contribution in [2.24, 2.45) is 0 Å². The van der Waals surface area contributed by atoms with Crippen LogP contribution in [-0.2, 0) is 17.9 Å². The standard InChI is InChI=1S/C16H19N7O/c1-2-22-13-7-4-3-6-12(13)18-16(22)14-8-5-9-23(14)15(24)10-21-11-17-19-20-21/h3-4,6-7,11,14H,2,5,8-10H2,1H3/t14-/m1/s1. The van der Waals surface area contributed by atoms with Crippen LogP contribution < -0.4 is 0 Å². The number of hydrogen-bond acceptors (Lipinski definition) is 5. The van der Waals surface area contributed by atoms with Crippen LogP contribution in [0.25, 0.3) is 11.0 Å². The Kier molecular flexibility index (Phi) is 3.72. The predicted molar refractivity (Wildman–Crippen MR) is 86.9 cm³/mol. The number of para-hydroxylation sites is 2. The first-order chi connectivity index (χ1) is 11.8. The Hall–Kier alpha value is -2.77. The molecule has 1 aliphatic heterocycles. The molecular weight excluding hydrogens is 306 g/mol. The van der Waals surface area contributed by atoms with Crippen molar-refractivity contribution in [3.8, 4) is 0 Å². The van der Waals surface area contributed by atoms with Gasteiger partial charge < -0.3 is 9.47 Å². The minimum Gasteiger partial charge on any atom is -0.331 e. The molecule has 1 fully saturated rings. The van der Waals surface area contributed by atoms with E-state index >= 15 is 0 Å². The molecule has 24 heavy (non-hydrogen) atoms. The number of fused-ring (bicyclic) bond motifs is 1. The van der Waals surface area contributed by atoms with Gasteiger partial charge in [0, 0.05) is 13.1 Å². The first-order valence-corrected chi connectivity index (χ1v) is 8.23. The van der Waals surface area contributed by atoms with Crippen LogP contribution in [0.3, 0.4) is 0 Å². The van der Waals surface area contributed by atoms with E-state index in [1.165, 1.54) is 11.0 Å². The number of carbonyl (C=O) groups excluding carboxylic acids is 1. The maximum Gasteiger partial charge on any atom is 0.245 e. The molecule has 1 saturated heterocycles. The van der Waals surface area contributed by atoms with Gasteiger partial charge >= 0.3 is 0 Å². The summed E-state index contributed by atoms with van der Waals surface area (Å²) in [5.74, 6) is 1.00.